The van der Waals surface area contributed by atoms with E-state index in [4.69, 9.17) is 4.42 Å². The summed E-state index contributed by atoms with van der Waals surface area (Å²) in [6.07, 6.45) is 2.74. The fraction of sp³-hybridized carbons (Fsp3) is 0.450. The summed E-state index contributed by atoms with van der Waals surface area (Å²) < 4.78 is 32.0. The lowest BCUT2D eigenvalue weighted by molar-refractivity contribution is 0.0916. The van der Waals surface area contributed by atoms with E-state index in [2.05, 4.69) is 22.3 Å². The van der Waals surface area contributed by atoms with Gasteiger partial charge in [-0.3, -0.25) is 4.79 Å². The molecule has 0 bridgehead atoms. The first-order chi connectivity index (χ1) is 13.5. The van der Waals surface area contributed by atoms with E-state index >= 15 is 0 Å². The van der Waals surface area contributed by atoms with Crippen LogP contribution in [0.1, 0.15) is 35.4 Å². The van der Waals surface area contributed by atoms with Gasteiger partial charge in [0.05, 0.1) is 0 Å². The molecule has 0 saturated carbocycles. The zero-order chi connectivity index (χ0) is 20.0. The fourth-order valence-electron chi connectivity index (χ4n) is 3.23. The van der Waals surface area contributed by atoms with Gasteiger partial charge in [0.15, 0.2) is 5.76 Å². The number of rotatable bonds is 8. The zero-order valence-corrected chi connectivity index (χ0v) is 17.0. The molecule has 1 aromatic heterocycles. The number of piperidine rings is 1. The number of furan rings is 1. The smallest absolute Gasteiger partial charge is 0.287 e. The predicted molar refractivity (Wildman–Crippen MR) is 106 cm³/mol. The van der Waals surface area contributed by atoms with Crippen molar-refractivity contribution in [3.63, 3.8) is 0 Å². The van der Waals surface area contributed by atoms with Crippen molar-refractivity contribution in [3.8, 4) is 0 Å². The first-order valence-electron chi connectivity index (χ1n) is 9.57. The molecular weight excluding hydrogens is 378 g/mol. The molecule has 0 radical (unpaired) electrons. The molecule has 2 heterocycles. The number of amides is 1. The number of benzene rings is 1. The van der Waals surface area contributed by atoms with E-state index in [1.165, 1.54) is 22.0 Å². The summed E-state index contributed by atoms with van der Waals surface area (Å²) in [7, 11) is -1.68. The summed E-state index contributed by atoms with van der Waals surface area (Å²) in [5, 5.41) is 2.61. The second-order valence-electron chi connectivity index (χ2n) is 7.06. The van der Waals surface area contributed by atoms with Crippen LogP contribution in [-0.4, -0.2) is 56.8 Å². The number of nitrogens with zero attached hydrogens (tertiary/aromatic N) is 2. The zero-order valence-electron chi connectivity index (χ0n) is 16.1. The van der Waals surface area contributed by atoms with E-state index in [0.29, 0.717) is 26.2 Å². The van der Waals surface area contributed by atoms with Gasteiger partial charge in [-0.2, -0.15) is 4.31 Å². The third-order valence-corrected chi connectivity index (χ3v) is 6.56. The fourth-order valence-corrected chi connectivity index (χ4v) is 4.66. The average molecular weight is 406 g/mol. The average Bonchev–Trinajstić information content (AvgIpc) is 3.20. The summed E-state index contributed by atoms with van der Waals surface area (Å²) in [6, 6.07) is 12.9. The van der Waals surface area contributed by atoms with Gasteiger partial charge in [0.2, 0.25) is 5.09 Å². The van der Waals surface area contributed by atoms with E-state index in [-0.39, 0.29) is 10.9 Å². The van der Waals surface area contributed by atoms with Gasteiger partial charge in [0.25, 0.3) is 15.9 Å². The summed E-state index contributed by atoms with van der Waals surface area (Å²) in [5.41, 5.74) is 1.20. The minimum Gasteiger partial charge on any atom is -0.438 e. The molecule has 1 fully saturated rings. The number of likely N-dealkylation sites (N-methyl/N-ethyl adjacent to an activating group) is 1. The first-order valence-corrected chi connectivity index (χ1v) is 11.0. The van der Waals surface area contributed by atoms with Crippen LogP contribution in [0.2, 0.25) is 0 Å². The molecule has 3 rings (SSSR count). The third kappa shape index (κ3) is 5.21. The summed E-state index contributed by atoms with van der Waals surface area (Å²) in [6.45, 7) is 2.89. The van der Waals surface area contributed by atoms with Crippen molar-refractivity contribution in [2.45, 2.75) is 30.9 Å². The quantitative estimate of drug-likeness (QED) is 0.729. The predicted octanol–water partition coefficient (Wildman–Crippen LogP) is 2.32. The molecule has 28 heavy (non-hydrogen) atoms. The second kappa shape index (κ2) is 9.36. The monoisotopic (exact) mass is 405 g/mol. The molecular formula is C20H27N3O4S. The van der Waals surface area contributed by atoms with Gasteiger partial charge in [0, 0.05) is 32.7 Å². The molecule has 152 valence electrons. The molecule has 1 N–H and O–H groups in total. The molecule has 8 heteroatoms. The minimum atomic E-state index is -3.66. The van der Waals surface area contributed by atoms with Gasteiger partial charge in [-0.05, 0) is 37.6 Å². The highest BCUT2D eigenvalue weighted by Crippen LogP contribution is 2.22. The molecule has 1 aliphatic rings. The Morgan fingerprint density at radius 2 is 1.82 bits per heavy atom. The van der Waals surface area contributed by atoms with Crippen molar-refractivity contribution in [1.29, 1.82) is 0 Å². The Kier molecular flexibility index (Phi) is 6.88. The number of hydrogen-bond donors (Lipinski definition) is 1. The summed E-state index contributed by atoms with van der Waals surface area (Å²) in [5.74, 6) is -0.394. The lowest BCUT2D eigenvalue weighted by Gasteiger charge is -2.24. The lowest BCUT2D eigenvalue weighted by atomic mass is 10.2. The van der Waals surface area contributed by atoms with E-state index in [0.717, 1.165) is 25.8 Å². The van der Waals surface area contributed by atoms with Crippen molar-refractivity contribution in [1.82, 2.24) is 14.5 Å². The Bertz CT molecular complexity index is 874. The first kappa shape index (κ1) is 20.6. The molecule has 1 saturated heterocycles. The maximum atomic E-state index is 12.6. The molecule has 1 amide bonds. The highest BCUT2D eigenvalue weighted by molar-refractivity contribution is 7.89. The summed E-state index contributed by atoms with van der Waals surface area (Å²) in [4.78, 5) is 14.4. The van der Waals surface area contributed by atoms with E-state index in [9.17, 15) is 13.2 Å². The van der Waals surface area contributed by atoms with Crippen LogP contribution in [0, 0.1) is 0 Å². The van der Waals surface area contributed by atoms with Gasteiger partial charge in [-0.1, -0.05) is 36.8 Å². The van der Waals surface area contributed by atoms with E-state index in [1.807, 2.05) is 25.2 Å². The van der Waals surface area contributed by atoms with Crippen molar-refractivity contribution < 1.29 is 17.6 Å². The standard InChI is InChI=1S/C20H27N3O4S/c1-22(16-17-8-4-2-5-9-17)15-12-21-20(24)18-10-11-19(27-18)28(25,26)23-13-6-3-7-14-23/h2,4-5,8-11H,3,6-7,12-16H2,1H3,(H,21,24). The van der Waals surface area contributed by atoms with Crippen molar-refractivity contribution in [2.24, 2.45) is 0 Å². The van der Waals surface area contributed by atoms with Gasteiger partial charge in [-0.15, -0.1) is 0 Å². The Morgan fingerprint density at radius 3 is 2.54 bits per heavy atom. The van der Waals surface area contributed by atoms with Crippen molar-refractivity contribution in [3.05, 3.63) is 53.8 Å². The van der Waals surface area contributed by atoms with E-state index in [1.54, 1.807) is 0 Å². The van der Waals surface area contributed by atoms with Crippen LogP contribution in [0.15, 0.2) is 52.0 Å². The Labute approximate surface area is 166 Å². The lowest BCUT2D eigenvalue weighted by Crippen LogP contribution is -2.35. The van der Waals surface area contributed by atoms with Gasteiger partial charge < -0.3 is 14.6 Å². The molecule has 2 aromatic rings. The highest BCUT2D eigenvalue weighted by atomic mass is 32.2. The van der Waals surface area contributed by atoms with Gasteiger partial charge in [0.1, 0.15) is 0 Å². The number of carbonyl (C=O) groups is 1. The molecule has 0 unspecified atom stereocenters. The Hall–Kier alpha value is -2.16. The SMILES string of the molecule is CN(CCNC(=O)c1ccc(S(=O)(=O)N2CCCCC2)o1)Cc1ccccc1. The van der Waals surface area contributed by atoms with Crippen LogP contribution in [0.4, 0.5) is 0 Å². The Morgan fingerprint density at radius 1 is 1.11 bits per heavy atom. The van der Waals surface area contributed by atoms with Gasteiger partial charge >= 0.3 is 0 Å². The van der Waals surface area contributed by atoms with Crippen molar-refractivity contribution >= 4 is 15.9 Å². The minimum absolute atomic E-state index is 0.0151. The van der Waals surface area contributed by atoms with Crippen LogP contribution in [-0.2, 0) is 16.6 Å². The topological polar surface area (TPSA) is 82.9 Å². The van der Waals surface area contributed by atoms with Crippen molar-refractivity contribution in [2.75, 3.05) is 33.2 Å². The number of carbonyl (C=O) groups excluding carboxylic acids is 1. The van der Waals surface area contributed by atoms with Crippen LogP contribution in [0.25, 0.3) is 0 Å². The third-order valence-electron chi connectivity index (χ3n) is 4.79. The normalized spacial score (nSPS) is 15.6. The largest absolute Gasteiger partial charge is 0.438 e. The molecule has 0 spiro atoms. The second-order valence-corrected chi connectivity index (χ2v) is 8.93. The van der Waals surface area contributed by atoms with Gasteiger partial charge in [-0.25, -0.2) is 8.42 Å². The number of sulfonamides is 1. The highest BCUT2D eigenvalue weighted by Gasteiger charge is 2.29. The molecule has 7 nitrogen and oxygen atoms in total. The van der Waals surface area contributed by atoms with Crippen LogP contribution in [0.3, 0.4) is 0 Å². The maximum absolute atomic E-state index is 12.6. The molecule has 1 aromatic carbocycles. The Balaban J connectivity index is 1.50. The molecule has 0 aliphatic carbocycles. The van der Waals surface area contributed by atoms with E-state index < -0.39 is 15.9 Å². The number of nitrogens with one attached hydrogen (secondary N) is 1. The maximum Gasteiger partial charge on any atom is 0.287 e. The van der Waals surface area contributed by atoms with Crippen LogP contribution < -0.4 is 5.32 Å². The summed E-state index contributed by atoms with van der Waals surface area (Å²) >= 11 is 0. The molecule has 0 atom stereocenters. The molecule has 1 aliphatic heterocycles. The van der Waals surface area contributed by atoms with Crippen LogP contribution >= 0.6 is 0 Å². The number of hydrogen-bond acceptors (Lipinski definition) is 5. The van der Waals surface area contributed by atoms with Crippen LogP contribution in [0.5, 0.6) is 0 Å².